The topological polar surface area (TPSA) is 57.5 Å². The summed E-state index contributed by atoms with van der Waals surface area (Å²) in [5.74, 6) is 0. The smallest absolute Gasteiger partial charge is 0.134 e. The quantitative estimate of drug-likeness (QED) is 0.520. The Morgan fingerprint density at radius 2 is 1.11 bits per heavy atom. The molecule has 0 heterocycles. The van der Waals surface area contributed by atoms with Gasteiger partial charge in [-0.3, -0.25) is 0 Å². The molecular weight excluding hydrogens is 139 g/mol. The van der Waals surface area contributed by atoms with Crippen LogP contribution in [0.15, 0.2) is 0 Å². The first-order valence-electron chi connectivity index (χ1n) is 2.58. The van der Waals surface area contributed by atoms with E-state index in [0.717, 1.165) is 0 Å². The molecule has 0 unspecified atom stereocenters. The summed E-state index contributed by atoms with van der Waals surface area (Å²) in [6, 6.07) is 0. The van der Waals surface area contributed by atoms with Crippen LogP contribution in [0.4, 0.5) is 0 Å². The zero-order valence-electron chi connectivity index (χ0n) is 6.25. The van der Waals surface area contributed by atoms with Gasteiger partial charge in [0.1, 0.15) is 0 Å². The van der Waals surface area contributed by atoms with Crippen molar-refractivity contribution in [1.29, 1.82) is 0 Å². The van der Waals surface area contributed by atoms with Crippen molar-refractivity contribution in [3.63, 3.8) is 0 Å². The van der Waals surface area contributed by atoms with Gasteiger partial charge in [-0.15, -0.1) is 9.79 Å². The Morgan fingerprint density at radius 1 is 1.11 bits per heavy atom. The number of hydrogen-bond donors (Lipinski definition) is 2. The van der Waals surface area contributed by atoms with Gasteiger partial charge in [-0.1, -0.05) is 27.7 Å². The molecule has 2 N–H and O–H groups in total. The van der Waals surface area contributed by atoms with Crippen molar-refractivity contribution >= 4 is 8.25 Å². The molecule has 0 aliphatic carbocycles. The highest BCUT2D eigenvalue weighted by atomic mass is 31.1. The average Bonchev–Trinajstić information content (AvgIpc) is 1.19. The maximum atomic E-state index is 8.70. The summed E-state index contributed by atoms with van der Waals surface area (Å²) < 4.78 is 8.70. The molecule has 0 radical (unpaired) electrons. The van der Waals surface area contributed by atoms with Gasteiger partial charge < -0.3 is 0 Å². The second-order valence-corrected chi connectivity index (χ2v) is 3.76. The predicted octanol–water partition coefficient (Wildman–Crippen LogP) is 1.68. The minimum Gasteiger partial charge on any atom is -0.134 e. The second kappa shape index (κ2) is 4.86. The molecule has 0 aliphatic rings. The van der Waals surface area contributed by atoms with E-state index < -0.39 is 8.25 Å². The molecule has 0 rings (SSSR count). The third-order valence-corrected chi connectivity index (χ3v) is 0. The molecule has 0 spiro atoms. The van der Waals surface area contributed by atoms with Gasteiger partial charge in [0.15, 0.2) is 0 Å². The van der Waals surface area contributed by atoms with Crippen molar-refractivity contribution in [3.8, 4) is 0 Å². The minimum atomic E-state index is -2.87. The molecule has 0 atom stereocenters. The first kappa shape index (κ1) is 11.8. The largest absolute Gasteiger partial charge is 0.692 e. The summed E-state index contributed by atoms with van der Waals surface area (Å²) in [5, 5.41) is 0. The van der Waals surface area contributed by atoms with E-state index in [2.05, 4.69) is 27.7 Å². The lowest BCUT2D eigenvalue weighted by atomic mass is 10.0. The summed E-state index contributed by atoms with van der Waals surface area (Å²) in [4.78, 5) is 14.2. The van der Waals surface area contributed by atoms with Crippen molar-refractivity contribution in [2.45, 2.75) is 27.7 Å². The van der Waals surface area contributed by atoms with Crippen LogP contribution in [0, 0.1) is 5.41 Å². The van der Waals surface area contributed by atoms with Crippen LogP contribution < -0.4 is 0 Å². The van der Waals surface area contributed by atoms with Gasteiger partial charge in [0.25, 0.3) is 0 Å². The van der Waals surface area contributed by atoms with Crippen molar-refractivity contribution in [2.24, 2.45) is 5.41 Å². The highest BCUT2D eigenvalue weighted by molar-refractivity contribution is 7.30. The molecule has 0 aromatic heterocycles. The third kappa shape index (κ3) is 727000. The fourth-order valence-corrected chi connectivity index (χ4v) is 0. The molecule has 0 saturated heterocycles. The zero-order valence-corrected chi connectivity index (χ0v) is 7.14. The van der Waals surface area contributed by atoms with Gasteiger partial charge in [0.05, 0.1) is 0 Å². The van der Waals surface area contributed by atoms with Crippen molar-refractivity contribution in [3.05, 3.63) is 0 Å². The molecule has 0 bridgehead atoms. The van der Waals surface area contributed by atoms with E-state index in [0.29, 0.717) is 5.41 Å². The van der Waals surface area contributed by atoms with Gasteiger partial charge >= 0.3 is 8.25 Å². The predicted molar refractivity (Wildman–Crippen MR) is 37.2 cm³/mol. The van der Waals surface area contributed by atoms with Gasteiger partial charge in [0.2, 0.25) is 0 Å². The second-order valence-electron chi connectivity index (χ2n) is 3.25. The lowest BCUT2D eigenvalue weighted by Gasteiger charge is -2.05. The molecule has 56 valence electrons. The summed E-state index contributed by atoms with van der Waals surface area (Å²) in [7, 11) is -2.87. The normalized spacial score (nSPS) is 9.56. The van der Waals surface area contributed by atoms with Crippen LogP contribution in [-0.4, -0.2) is 9.79 Å². The van der Waals surface area contributed by atoms with Crippen LogP contribution in [0.2, 0.25) is 0 Å². The highest BCUT2D eigenvalue weighted by Gasteiger charge is 1.95. The van der Waals surface area contributed by atoms with E-state index in [4.69, 9.17) is 14.4 Å². The number of rotatable bonds is 0. The van der Waals surface area contributed by atoms with Gasteiger partial charge in [-0.2, -0.15) is 0 Å². The molecule has 4 heteroatoms. The molecule has 0 fully saturated rings. The standard InChI is InChI=1S/C5H12.HO3P/c1-5(2,3)4;1-4(2)3/h1-4H3;(H-,1,2,3)/p+1. The van der Waals surface area contributed by atoms with Crippen molar-refractivity contribution in [1.82, 2.24) is 0 Å². The zero-order chi connectivity index (χ0) is 8.08. The average molecular weight is 153 g/mol. The van der Waals surface area contributed by atoms with Crippen LogP contribution in [0.25, 0.3) is 0 Å². The molecule has 0 amide bonds. The SMILES string of the molecule is CC(C)(C)C.O=[P+](O)O. The Kier molecular flexibility index (Phi) is 6.35. The fourth-order valence-electron chi connectivity index (χ4n) is 0. The van der Waals surface area contributed by atoms with E-state index in [1.54, 1.807) is 0 Å². The first-order valence-corrected chi connectivity index (χ1v) is 3.75. The van der Waals surface area contributed by atoms with Crippen LogP contribution in [0.1, 0.15) is 27.7 Å². The van der Waals surface area contributed by atoms with Crippen LogP contribution in [0.3, 0.4) is 0 Å². The van der Waals surface area contributed by atoms with Gasteiger partial charge in [-0.05, 0) is 5.41 Å². The molecule has 0 aliphatic heterocycles. The van der Waals surface area contributed by atoms with E-state index in [1.807, 2.05) is 0 Å². The van der Waals surface area contributed by atoms with E-state index >= 15 is 0 Å². The van der Waals surface area contributed by atoms with Gasteiger partial charge in [0, 0.05) is 4.57 Å². The highest BCUT2D eigenvalue weighted by Crippen LogP contribution is 2.08. The molecular formula is C5H14O3P+. The Bertz CT molecular complexity index is 74.7. The van der Waals surface area contributed by atoms with Gasteiger partial charge in [-0.25, -0.2) is 0 Å². The van der Waals surface area contributed by atoms with Crippen LogP contribution in [-0.2, 0) is 4.57 Å². The Labute approximate surface area is 56.7 Å². The van der Waals surface area contributed by atoms with E-state index in [9.17, 15) is 0 Å². The van der Waals surface area contributed by atoms with E-state index in [-0.39, 0.29) is 0 Å². The molecule has 0 saturated carbocycles. The van der Waals surface area contributed by atoms with Crippen LogP contribution in [0.5, 0.6) is 0 Å². The maximum absolute atomic E-state index is 8.70. The van der Waals surface area contributed by atoms with E-state index in [1.165, 1.54) is 0 Å². The summed E-state index contributed by atoms with van der Waals surface area (Å²) >= 11 is 0. The Hall–Kier alpha value is 0.0200. The molecule has 9 heavy (non-hydrogen) atoms. The van der Waals surface area contributed by atoms with Crippen molar-refractivity contribution in [2.75, 3.05) is 0 Å². The van der Waals surface area contributed by atoms with Crippen molar-refractivity contribution < 1.29 is 14.4 Å². The summed E-state index contributed by atoms with van der Waals surface area (Å²) in [6.07, 6.45) is 0. The number of hydrogen-bond acceptors (Lipinski definition) is 1. The third-order valence-electron chi connectivity index (χ3n) is 0. The Balaban J connectivity index is 0. The summed E-state index contributed by atoms with van der Waals surface area (Å²) in [5.41, 5.74) is 0.500. The minimum absolute atomic E-state index is 0.500. The van der Waals surface area contributed by atoms with Crippen LogP contribution >= 0.6 is 8.25 Å². The summed E-state index contributed by atoms with van der Waals surface area (Å²) in [6.45, 7) is 8.75. The fraction of sp³-hybridized carbons (Fsp3) is 1.00. The molecule has 3 nitrogen and oxygen atoms in total. The molecule has 0 aromatic rings. The monoisotopic (exact) mass is 153 g/mol. The maximum Gasteiger partial charge on any atom is 0.692 e. The Morgan fingerprint density at radius 3 is 1.11 bits per heavy atom. The lowest BCUT2D eigenvalue weighted by molar-refractivity contribution is 0.405. The first-order chi connectivity index (χ1) is 3.73. The lowest BCUT2D eigenvalue weighted by Crippen LogP contribution is -1.93. The molecule has 0 aromatic carbocycles.